The maximum atomic E-state index is 13.1. The van der Waals surface area contributed by atoms with Crippen LogP contribution in [0.15, 0.2) is 48.7 Å². The molecule has 0 radical (unpaired) electrons. The third-order valence-corrected chi connectivity index (χ3v) is 6.75. The third-order valence-electron chi connectivity index (χ3n) is 6.75. The van der Waals surface area contributed by atoms with Gasteiger partial charge in [0.05, 0.1) is 22.8 Å². The van der Waals surface area contributed by atoms with Gasteiger partial charge in [-0.3, -0.25) is 4.79 Å². The normalized spacial score (nSPS) is 15.4. The zero-order valence-electron chi connectivity index (χ0n) is 22.5. The maximum absolute atomic E-state index is 13.1. The summed E-state index contributed by atoms with van der Waals surface area (Å²) in [6, 6.07) is 14.0. The first-order valence-corrected chi connectivity index (χ1v) is 12.9. The lowest BCUT2D eigenvalue weighted by atomic mass is 9.96. The van der Waals surface area contributed by atoms with Gasteiger partial charge in [-0.1, -0.05) is 20.8 Å². The van der Waals surface area contributed by atoms with E-state index < -0.39 is 11.0 Å². The van der Waals surface area contributed by atoms with Crippen molar-refractivity contribution < 1.29 is 19.1 Å². The van der Waals surface area contributed by atoms with E-state index in [0.29, 0.717) is 11.5 Å². The molecule has 0 unspecified atom stereocenters. The first kappa shape index (κ1) is 25.2. The van der Waals surface area contributed by atoms with Crippen LogP contribution in [0.5, 0.6) is 0 Å². The topological polar surface area (TPSA) is 75.3 Å². The Morgan fingerprint density at radius 1 is 0.919 bits per heavy atom. The van der Waals surface area contributed by atoms with Gasteiger partial charge in [-0.2, -0.15) is 9.78 Å². The molecule has 5 rings (SSSR count). The molecule has 194 valence electrons. The van der Waals surface area contributed by atoms with E-state index >= 15 is 0 Å². The molecule has 7 heteroatoms. The summed E-state index contributed by atoms with van der Waals surface area (Å²) in [5, 5.41) is 6.45. The quantitative estimate of drug-likeness (QED) is 0.299. The lowest BCUT2D eigenvalue weighted by Gasteiger charge is -2.24. The molecule has 0 atom stereocenters. The van der Waals surface area contributed by atoms with Crippen LogP contribution in [0.3, 0.4) is 0 Å². The highest BCUT2D eigenvalue weighted by atomic mass is 16.6. The van der Waals surface area contributed by atoms with Gasteiger partial charge in [0.15, 0.2) is 0 Å². The first-order chi connectivity index (χ1) is 17.4. The molecule has 2 aromatic heterocycles. The lowest BCUT2D eigenvalue weighted by Crippen LogP contribution is -2.27. The van der Waals surface area contributed by atoms with Crippen molar-refractivity contribution in [2.75, 3.05) is 13.2 Å². The van der Waals surface area contributed by atoms with Crippen LogP contribution in [-0.2, 0) is 9.47 Å². The van der Waals surface area contributed by atoms with Crippen LogP contribution in [0.1, 0.15) is 81.1 Å². The summed E-state index contributed by atoms with van der Waals surface area (Å²) in [5.41, 5.74) is 3.35. The van der Waals surface area contributed by atoms with E-state index in [1.807, 2.05) is 65.8 Å². The highest BCUT2D eigenvalue weighted by molar-refractivity contribution is 6.01. The Labute approximate surface area is 217 Å². The molecule has 2 aromatic carbocycles. The fraction of sp³-hybridized carbons (Fsp3) is 0.433. The van der Waals surface area contributed by atoms with E-state index in [1.165, 1.54) is 10.4 Å². The van der Waals surface area contributed by atoms with Crippen molar-refractivity contribution in [3.05, 3.63) is 59.9 Å². The highest BCUT2D eigenvalue weighted by Crippen LogP contribution is 2.36. The third kappa shape index (κ3) is 4.92. The molecule has 0 spiro atoms. The van der Waals surface area contributed by atoms with Crippen molar-refractivity contribution in [2.24, 2.45) is 5.41 Å². The molecule has 1 fully saturated rings. The van der Waals surface area contributed by atoms with E-state index in [9.17, 15) is 9.59 Å². The number of carbonyl (C=O) groups is 2. The standard InChI is InChI=1S/C30H35N3O4/c1-29(2,3)28(35)33-26-17-25-21(15-22(26)18-31-33)16-24(19-11-13-36-14-12-19)32(25)23-9-7-20(8-10-23)27(34)37-30(4,5)6/h7-10,15-19H,11-14H2,1-6H3. The maximum Gasteiger partial charge on any atom is 0.338 e. The number of aromatic nitrogens is 3. The van der Waals surface area contributed by atoms with Crippen LogP contribution in [0, 0.1) is 5.41 Å². The van der Waals surface area contributed by atoms with Gasteiger partial charge < -0.3 is 14.0 Å². The minimum Gasteiger partial charge on any atom is -0.456 e. The second kappa shape index (κ2) is 9.14. The van der Waals surface area contributed by atoms with E-state index in [-0.39, 0.29) is 11.9 Å². The number of benzene rings is 2. The monoisotopic (exact) mass is 501 g/mol. The van der Waals surface area contributed by atoms with Crippen molar-refractivity contribution >= 4 is 33.7 Å². The molecule has 4 aromatic rings. The fourth-order valence-corrected chi connectivity index (χ4v) is 4.90. The van der Waals surface area contributed by atoms with Gasteiger partial charge in [-0.15, -0.1) is 0 Å². The predicted molar refractivity (Wildman–Crippen MR) is 145 cm³/mol. The molecule has 7 nitrogen and oxygen atoms in total. The van der Waals surface area contributed by atoms with Crippen LogP contribution in [-0.4, -0.2) is 45.0 Å². The van der Waals surface area contributed by atoms with Crippen molar-refractivity contribution in [2.45, 2.75) is 65.9 Å². The van der Waals surface area contributed by atoms with E-state index in [4.69, 9.17) is 9.47 Å². The van der Waals surface area contributed by atoms with Gasteiger partial charge in [0.1, 0.15) is 5.60 Å². The molecular weight excluding hydrogens is 466 g/mol. The average Bonchev–Trinajstić information content (AvgIpc) is 3.42. The van der Waals surface area contributed by atoms with Crippen LogP contribution in [0.2, 0.25) is 0 Å². The highest BCUT2D eigenvalue weighted by Gasteiger charge is 2.27. The molecule has 37 heavy (non-hydrogen) atoms. The summed E-state index contributed by atoms with van der Waals surface area (Å²) in [5.74, 6) is -0.0406. The first-order valence-electron chi connectivity index (χ1n) is 12.9. The summed E-state index contributed by atoms with van der Waals surface area (Å²) in [6.45, 7) is 12.8. The van der Waals surface area contributed by atoms with Crippen molar-refractivity contribution in [1.29, 1.82) is 0 Å². The molecular formula is C30H35N3O4. The molecule has 1 aliphatic rings. The molecule has 1 saturated heterocycles. The number of fused-ring (bicyclic) bond motifs is 2. The predicted octanol–water partition coefficient (Wildman–Crippen LogP) is 6.52. The largest absolute Gasteiger partial charge is 0.456 e. The lowest BCUT2D eigenvalue weighted by molar-refractivity contribution is 0.00694. The smallest absolute Gasteiger partial charge is 0.338 e. The summed E-state index contributed by atoms with van der Waals surface area (Å²) in [7, 11) is 0. The number of esters is 1. The molecule has 0 saturated carbocycles. The zero-order chi connectivity index (χ0) is 26.5. The zero-order valence-corrected chi connectivity index (χ0v) is 22.5. The second-order valence-electron chi connectivity index (χ2n) is 11.9. The molecule has 0 amide bonds. The van der Waals surface area contributed by atoms with Crippen LogP contribution in [0.4, 0.5) is 0 Å². The van der Waals surface area contributed by atoms with Gasteiger partial charge in [0.25, 0.3) is 5.91 Å². The number of hydrogen-bond acceptors (Lipinski definition) is 5. The molecule has 0 N–H and O–H groups in total. The van der Waals surface area contributed by atoms with Crippen molar-refractivity contribution in [1.82, 2.24) is 14.3 Å². The number of ether oxygens (including phenoxy) is 2. The number of nitrogens with zero attached hydrogens (tertiary/aromatic N) is 3. The molecule has 3 heterocycles. The number of carbonyl (C=O) groups excluding carboxylic acids is 2. The van der Waals surface area contributed by atoms with E-state index in [2.05, 4.69) is 27.9 Å². The Hall–Kier alpha value is -3.45. The minimum atomic E-state index is -0.555. The van der Waals surface area contributed by atoms with Gasteiger partial charge in [-0.05, 0) is 76.1 Å². The fourth-order valence-electron chi connectivity index (χ4n) is 4.90. The summed E-state index contributed by atoms with van der Waals surface area (Å²) in [4.78, 5) is 25.7. The van der Waals surface area contributed by atoms with E-state index in [1.54, 1.807) is 6.20 Å². The van der Waals surface area contributed by atoms with Crippen molar-refractivity contribution in [3.8, 4) is 5.69 Å². The van der Waals surface area contributed by atoms with E-state index in [0.717, 1.165) is 53.5 Å². The van der Waals surface area contributed by atoms with Crippen LogP contribution >= 0.6 is 0 Å². The van der Waals surface area contributed by atoms with Gasteiger partial charge in [0, 0.05) is 46.7 Å². The Morgan fingerprint density at radius 3 is 2.22 bits per heavy atom. The Balaban J connectivity index is 1.66. The minimum absolute atomic E-state index is 0.0497. The van der Waals surface area contributed by atoms with Crippen LogP contribution < -0.4 is 0 Å². The summed E-state index contributed by atoms with van der Waals surface area (Å²) in [6.07, 6.45) is 3.66. The van der Waals surface area contributed by atoms with Gasteiger partial charge in [0.2, 0.25) is 0 Å². The van der Waals surface area contributed by atoms with Crippen LogP contribution in [0.25, 0.3) is 27.5 Å². The Morgan fingerprint density at radius 2 is 1.59 bits per heavy atom. The number of rotatable bonds is 3. The SMILES string of the molecule is CC(C)(C)OC(=O)c1ccc(-n2c(C3CCOCC3)cc3cc4cnn(C(=O)C(C)(C)C)c4cc32)cc1. The van der Waals surface area contributed by atoms with Gasteiger partial charge >= 0.3 is 5.97 Å². The Kier molecular flexibility index (Phi) is 6.23. The molecule has 0 bridgehead atoms. The summed E-state index contributed by atoms with van der Waals surface area (Å²) < 4.78 is 15.0. The Bertz CT molecular complexity index is 1470. The van der Waals surface area contributed by atoms with Crippen molar-refractivity contribution in [3.63, 3.8) is 0 Å². The number of hydrogen-bond donors (Lipinski definition) is 0. The second-order valence-corrected chi connectivity index (χ2v) is 11.9. The molecule has 0 aliphatic carbocycles. The average molecular weight is 502 g/mol. The summed E-state index contributed by atoms with van der Waals surface area (Å²) >= 11 is 0. The molecule has 1 aliphatic heterocycles. The van der Waals surface area contributed by atoms with Gasteiger partial charge in [-0.25, -0.2) is 4.79 Å².